The van der Waals surface area contributed by atoms with Crippen LogP contribution in [0.25, 0.3) is 5.52 Å². The second-order valence-corrected chi connectivity index (χ2v) is 5.92. The molecule has 1 aromatic carbocycles. The van der Waals surface area contributed by atoms with E-state index in [0.29, 0.717) is 5.56 Å². The van der Waals surface area contributed by atoms with E-state index in [9.17, 15) is 23.9 Å². The number of Topliss-reactive ketones (excluding diaryl/α,β-unsaturated/α-hetero) is 1. The highest BCUT2D eigenvalue weighted by Gasteiger charge is 2.16. The van der Waals surface area contributed by atoms with E-state index in [0.717, 1.165) is 0 Å². The number of nitrogens with zero attached hydrogens (tertiary/aromatic N) is 2. The van der Waals surface area contributed by atoms with Gasteiger partial charge >= 0.3 is 0 Å². The maximum Gasteiger partial charge on any atom is 0.279 e. The van der Waals surface area contributed by atoms with Crippen molar-refractivity contribution in [1.29, 1.82) is 0 Å². The monoisotopic (exact) mass is 362 g/mol. The minimum absolute atomic E-state index is 0.0669. The van der Waals surface area contributed by atoms with Gasteiger partial charge in [0.25, 0.3) is 5.56 Å². The van der Waals surface area contributed by atoms with E-state index in [-0.39, 0.29) is 22.6 Å². The number of hydrogen-bond acceptors (Lipinski definition) is 4. The average molecular weight is 363 g/mol. The molecule has 0 bridgehead atoms. The lowest BCUT2D eigenvalue weighted by molar-refractivity contribution is 0.101. The Labute approximate surface area is 145 Å². The summed E-state index contributed by atoms with van der Waals surface area (Å²) in [6, 6.07) is 4.05. The molecule has 0 aliphatic carbocycles. The van der Waals surface area contributed by atoms with Crippen LogP contribution in [0.5, 0.6) is 5.75 Å². The highest BCUT2D eigenvalue weighted by Crippen LogP contribution is 2.17. The fourth-order valence-corrected chi connectivity index (χ4v) is 2.72. The van der Waals surface area contributed by atoms with Crippen molar-refractivity contribution < 1.29 is 14.3 Å². The van der Waals surface area contributed by atoms with Crippen molar-refractivity contribution in [2.75, 3.05) is 0 Å². The molecule has 0 aliphatic heterocycles. The Kier molecular flexibility index (Phi) is 4.18. The summed E-state index contributed by atoms with van der Waals surface area (Å²) in [5.41, 5.74) is -1.41. The van der Waals surface area contributed by atoms with Gasteiger partial charge in [-0.25, -0.2) is 4.39 Å². The van der Waals surface area contributed by atoms with Crippen molar-refractivity contribution in [2.24, 2.45) is 0 Å². The van der Waals surface area contributed by atoms with Crippen LogP contribution in [0.4, 0.5) is 4.39 Å². The molecule has 0 fully saturated rings. The fraction of sp³-hybridized carbons (Fsp3) is 0.118. The van der Waals surface area contributed by atoms with Gasteiger partial charge in [0.1, 0.15) is 5.82 Å². The maximum absolute atomic E-state index is 13.2. The van der Waals surface area contributed by atoms with E-state index in [1.807, 2.05) is 0 Å². The summed E-state index contributed by atoms with van der Waals surface area (Å²) in [4.78, 5) is 36.1. The van der Waals surface area contributed by atoms with Crippen molar-refractivity contribution >= 4 is 22.9 Å². The highest BCUT2D eigenvalue weighted by atomic mass is 35.5. The molecule has 3 rings (SSSR count). The number of benzene rings is 1. The number of pyridine rings is 1. The SMILES string of the molecule is CC(=O)c1cn2ccn(Cc3ccc(F)c(Cl)c3)c(=O)c2c(O)c1=O. The van der Waals surface area contributed by atoms with Crippen LogP contribution in [0, 0.1) is 5.82 Å². The smallest absolute Gasteiger partial charge is 0.279 e. The molecule has 0 radical (unpaired) electrons. The predicted molar refractivity (Wildman–Crippen MR) is 90.1 cm³/mol. The normalized spacial score (nSPS) is 11.0. The first kappa shape index (κ1) is 16.9. The molecule has 128 valence electrons. The van der Waals surface area contributed by atoms with Crippen molar-refractivity contribution in [2.45, 2.75) is 13.5 Å². The van der Waals surface area contributed by atoms with E-state index >= 15 is 0 Å². The van der Waals surface area contributed by atoms with Crippen LogP contribution in [-0.4, -0.2) is 19.9 Å². The van der Waals surface area contributed by atoms with Gasteiger partial charge in [0, 0.05) is 18.6 Å². The number of carbonyl (C=O) groups is 1. The third-order valence-electron chi connectivity index (χ3n) is 3.80. The van der Waals surface area contributed by atoms with Gasteiger partial charge in [0.2, 0.25) is 5.43 Å². The van der Waals surface area contributed by atoms with Crippen molar-refractivity contribution in [3.63, 3.8) is 0 Å². The van der Waals surface area contributed by atoms with Crippen molar-refractivity contribution in [3.8, 4) is 5.75 Å². The molecule has 0 saturated carbocycles. The predicted octanol–water partition coefficient (Wildman–Crippen LogP) is 2.21. The van der Waals surface area contributed by atoms with Crippen LogP contribution in [0.2, 0.25) is 5.02 Å². The molecule has 2 aromatic heterocycles. The Morgan fingerprint density at radius 2 is 2.00 bits per heavy atom. The minimum atomic E-state index is -0.896. The zero-order chi connectivity index (χ0) is 18.3. The van der Waals surface area contributed by atoms with Gasteiger partial charge in [-0.2, -0.15) is 0 Å². The summed E-state index contributed by atoms with van der Waals surface area (Å²) >= 11 is 5.73. The van der Waals surface area contributed by atoms with Gasteiger partial charge in [-0.3, -0.25) is 14.4 Å². The lowest BCUT2D eigenvalue weighted by atomic mass is 10.1. The Morgan fingerprint density at radius 1 is 1.28 bits per heavy atom. The Balaban J connectivity index is 2.17. The molecule has 0 aliphatic rings. The molecule has 25 heavy (non-hydrogen) atoms. The van der Waals surface area contributed by atoms with Gasteiger partial charge in [0.15, 0.2) is 17.0 Å². The molecule has 3 aromatic rings. The lowest BCUT2D eigenvalue weighted by Gasteiger charge is -2.10. The number of fused-ring (bicyclic) bond motifs is 1. The molecule has 0 amide bonds. The summed E-state index contributed by atoms with van der Waals surface area (Å²) < 4.78 is 15.7. The van der Waals surface area contributed by atoms with Crippen LogP contribution in [-0.2, 0) is 6.54 Å². The second-order valence-electron chi connectivity index (χ2n) is 5.51. The Hall–Kier alpha value is -2.93. The van der Waals surface area contributed by atoms with Gasteiger partial charge < -0.3 is 14.1 Å². The highest BCUT2D eigenvalue weighted by molar-refractivity contribution is 6.30. The third kappa shape index (κ3) is 2.94. The van der Waals surface area contributed by atoms with Crippen LogP contribution in [0.3, 0.4) is 0 Å². The molecule has 0 unspecified atom stereocenters. The zero-order valence-electron chi connectivity index (χ0n) is 13.0. The minimum Gasteiger partial charge on any atom is -0.503 e. The zero-order valence-corrected chi connectivity index (χ0v) is 13.7. The number of carbonyl (C=O) groups excluding carboxylic acids is 1. The Morgan fingerprint density at radius 3 is 2.64 bits per heavy atom. The summed E-state index contributed by atoms with van der Waals surface area (Å²) in [7, 11) is 0. The van der Waals surface area contributed by atoms with E-state index in [1.165, 1.54) is 52.7 Å². The fourth-order valence-electron chi connectivity index (χ4n) is 2.51. The van der Waals surface area contributed by atoms with Crippen molar-refractivity contribution in [1.82, 2.24) is 8.97 Å². The molecule has 0 spiro atoms. The first-order chi connectivity index (χ1) is 11.8. The van der Waals surface area contributed by atoms with Crippen LogP contribution in [0.1, 0.15) is 22.8 Å². The van der Waals surface area contributed by atoms with E-state index < -0.39 is 28.3 Å². The van der Waals surface area contributed by atoms with E-state index in [4.69, 9.17) is 11.6 Å². The quantitative estimate of drug-likeness (QED) is 0.724. The second kappa shape index (κ2) is 6.18. The molecule has 2 heterocycles. The summed E-state index contributed by atoms with van der Waals surface area (Å²) in [6.45, 7) is 1.26. The summed E-state index contributed by atoms with van der Waals surface area (Å²) in [5.74, 6) is -1.87. The van der Waals surface area contributed by atoms with Crippen molar-refractivity contribution in [3.05, 3.63) is 79.3 Å². The molecular weight excluding hydrogens is 351 g/mol. The number of rotatable bonds is 3. The van der Waals surface area contributed by atoms with E-state index in [1.54, 1.807) is 0 Å². The third-order valence-corrected chi connectivity index (χ3v) is 4.09. The van der Waals surface area contributed by atoms with E-state index in [2.05, 4.69) is 0 Å². The molecular formula is C17H12ClFN2O4. The number of ketones is 1. The number of halogens is 2. The lowest BCUT2D eigenvalue weighted by Crippen LogP contribution is -2.25. The number of aromatic hydroxyl groups is 1. The molecule has 0 atom stereocenters. The number of aromatic nitrogens is 2. The van der Waals surface area contributed by atoms with Crippen LogP contribution >= 0.6 is 11.6 Å². The first-order valence-corrected chi connectivity index (χ1v) is 7.59. The largest absolute Gasteiger partial charge is 0.503 e. The van der Waals surface area contributed by atoms with Gasteiger partial charge in [-0.05, 0) is 24.6 Å². The number of hydrogen-bond donors (Lipinski definition) is 1. The van der Waals surface area contributed by atoms with Crippen LogP contribution in [0.15, 0.2) is 46.4 Å². The molecule has 8 heteroatoms. The summed E-state index contributed by atoms with van der Waals surface area (Å²) in [6.07, 6.45) is 4.08. The van der Waals surface area contributed by atoms with Crippen LogP contribution < -0.4 is 11.0 Å². The first-order valence-electron chi connectivity index (χ1n) is 7.22. The Bertz CT molecular complexity index is 1130. The van der Waals surface area contributed by atoms with Gasteiger partial charge in [-0.1, -0.05) is 17.7 Å². The molecule has 6 nitrogen and oxygen atoms in total. The standard InChI is InChI=1S/C17H12ClFN2O4/c1-9(22)11-8-20-4-5-21(17(25)14(20)16(24)15(11)23)7-10-2-3-13(19)12(18)6-10/h2-6,8,24H,7H2,1H3. The topological polar surface area (TPSA) is 80.8 Å². The molecule has 1 N–H and O–H groups in total. The molecule has 0 saturated heterocycles. The van der Waals surface area contributed by atoms with Gasteiger partial charge in [0.05, 0.1) is 17.1 Å². The summed E-state index contributed by atoms with van der Waals surface area (Å²) in [5, 5.41) is 10.00. The maximum atomic E-state index is 13.2. The average Bonchev–Trinajstić information content (AvgIpc) is 2.56. The van der Waals surface area contributed by atoms with Gasteiger partial charge in [-0.15, -0.1) is 0 Å².